The number of rotatable bonds is 7. The molecule has 0 fully saturated rings. The van der Waals surface area contributed by atoms with Crippen molar-refractivity contribution in [2.45, 2.75) is 45.4 Å². The molecule has 0 atom stereocenters. The van der Waals surface area contributed by atoms with Crippen molar-refractivity contribution in [3.63, 3.8) is 0 Å². The molecule has 0 spiro atoms. The number of aryl methyl sites for hydroxylation is 1. The molecule has 1 heterocycles. The minimum atomic E-state index is -3.79. The standard InChI is InChI=1S/C17H23N3O4S/c1-5-13(6-2)16(21)18-14-7-9-15(10-8-14)25(22,23)20-17-11(3)12(4)19-24-17/h7-10,13,20H,5-6H2,1-4H3,(H,18,21). The van der Waals surface area contributed by atoms with Crippen LogP contribution >= 0.6 is 0 Å². The van der Waals surface area contributed by atoms with E-state index in [1.165, 1.54) is 12.1 Å². The number of aromatic nitrogens is 1. The van der Waals surface area contributed by atoms with Crippen LogP contribution in [0.25, 0.3) is 0 Å². The van der Waals surface area contributed by atoms with Gasteiger partial charge in [0.1, 0.15) is 0 Å². The molecule has 0 bridgehead atoms. The zero-order valence-corrected chi connectivity index (χ0v) is 15.6. The van der Waals surface area contributed by atoms with Crippen molar-refractivity contribution in [3.05, 3.63) is 35.5 Å². The van der Waals surface area contributed by atoms with Gasteiger partial charge in [-0.15, -0.1) is 0 Å². The summed E-state index contributed by atoms with van der Waals surface area (Å²) in [6.07, 6.45) is 1.52. The van der Waals surface area contributed by atoms with Gasteiger partial charge in [-0.1, -0.05) is 19.0 Å². The predicted octanol–water partition coefficient (Wildman–Crippen LogP) is 3.47. The highest BCUT2D eigenvalue weighted by Gasteiger charge is 2.19. The van der Waals surface area contributed by atoms with Crippen LogP contribution in [0.15, 0.2) is 33.7 Å². The molecule has 0 radical (unpaired) electrons. The Bertz CT molecular complexity index is 837. The molecule has 0 saturated heterocycles. The van der Waals surface area contributed by atoms with Crippen molar-refractivity contribution in [1.82, 2.24) is 5.16 Å². The van der Waals surface area contributed by atoms with E-state index in [4.69, 9.17) is 4.52 Å². The molecule has 0 unspecified atom stereocenters. The van der Waals surface area contributed by atoms with Gasteiger partial charge >= 0.3 is 0 Å². The van der Waals surface area contributed by atoms with E-state index in [-0.39, 0.29) is 22.6 Å². The molecular weight excluding hydrogens is 342 g/mol. The Labute approximate surface area is 147 Å². The first-order valence-electron chi connectivity index (χ1n) is 8.15. The van der Waals surface area contributed by atoms with Gasteiger partial charge in [-0.05, 0) is 51.0 Å². The van der Waals surface area contributed by atoms with Gasteiger partial charge < -0.3 is 9.84 Å². The number of carbonyl (C=O) groups is 1. The van der Waals surface area contributed by atoms with Gasteiger partial charge in [-0.25, -0.2) is 13.1 Å². The Balaban J connectivity index is 2.13. The van der Waals surface area contributed by atoms with E-state index in [2.05, 4.69) is 15.2 Å². The number of amides is 1. The molecule has 2 rings (SSSR count). The van der Waals surface area contributed by atoms with Crippen molar-refractivity contribution in [3.8, 4) is 0 Å². The lowest BCUT2D eigenvalue weighted by Gasteiger charge is -2.13. The second-order valence-electron chi connectivity index (χ2n) is 5.85. The predicted molar refractivity (Wildman–Crippen MR) is 95.9 cm³/mol. The first kappa shape index (κ1) is 19.0. The van der Waals surface area contributed by atoms with E-state index in [1.54, 1.807) is 26.0 Å². The number of benzene rings is 1. The van der Waals surface area contributed by atoms with Crippen LogP contribution in [0.3, 0.4) is 0 Å². The van der Waals surface area contributed by atoms with E-state index in [1.807, 2.05) is 13.8 Å². The van der Waals surface area contributed by atoms with E-state index < -0.39 is 10.0 Å². The Morgan fingerprint density at radius 1 is 1.16 bits per heavy atom. The van der Waals surface area contributed by atoms with Gasteiger partial charge in [0.05, 0.1) is 10.6 Å². The van der Waals surface area contributed by atoms with E-state index >= 15 is 0 Å². The summed E-state index contributed by atoms with van der Waals surface area (Å²) in [5, 5.41) is 6.53. The summed E-state index contributed by atoms with van der Waals surface area (Å²) in [6.45, 7) is 7.37. The fourth-order valence-corrected chi connectivity index (χ4v) is 3.36. The first-order valence-corrected chi connectivity index (χ1v) is 9.63. The van der Waals surface area contributed by atoms with Crippen LogP contribution in [-0.2, 0) is 14.8 Å². The van der Waals surface area contributed by atoms with Crippen molar-refractivity contribution in [2.24, 2.45) is 5.92 Å². The summed E-state index contributed by atoms with van der Waals surface area (Å²) >= 11 is 0. The number of anilines is 2. The first-order chi connectivity index (χ1) is 11.8. The van der Waals surface area contributed by atoms with Gasteiger partial charge in [0.15, 0.2) is 0 Å². The highest BCUT2D eigenvalue weighted by atomic mass is 32.2. The maximum atomic E-state index is 12.4. The lowest BCUT2D eigenvalue weighted by molar-refractivity contribution is -0.120. The van der Waals surface area contributed by atoms with Gasteiger partial charge in [0.25, 0.3) is 10.0 Å². The minimum Gasteiger partial charge on any atom is -0.337 e. The van der Waals surface area contributed by atoms with Crippen LogP contribution in [0.1, 0.15) is 37.9 Å². The normalized spacial score (nSPS) is 11.6. The second-order valence-corrected chi connectivity index (χ2v) is 7.54. The molecule has 7 nitrogen and oxygen atoms in total. The Morgan fingerprint density at radius 3 is 2.24 bits per heavy atom. The summed E-state index contributed by atoms with van der Waals surface area (Å²) in [4.78, 5) is 12.1. The van der Waals surface area contributed by atoms with Crippen LogP contribution in [0.4, 0.5) is 11.6 Å². The van der Waals surface area contributed by atoms with Crippen LogP contribution in [0.5, 0.6) is 0 Å². The Morgan fingerprint density at radius 2 is 1.76 bits per heavy atom. The quantitative estimate of drug-likeness (QED) is 0.782. The summed E-state index contributed by atoms with van der Waals surface area (Å²) < 4.78 is 32.2. The number of sulfonamides is 1. The monoisotopic (exact) mass is 365 g/mol. The van der Waals surface area contributed by atoms with Crippen LogP contribution < -0.4 is 10.0 Å². The van der Waals surface area contributed by atoms with Crippen molar-refractivity contribution >= 4 is 27.5 Å². The van der Waals surface area contributed by atoms with Gasteiger partial charge in [0, 0.05) is 17.2 Å². The largest absolute Gasteiger partial charge is 0.337 e. The third kappa shape index (κ3) is 4.39. The molecule has 0 aliphatic rings. The summed E-state index contributed by atoms with van der Waals surface area (Å²) in [6, 6.07) is 5.99. The van der Waals surface area contributed by atoms with E-state index in [9.17, 15) is 13.2 Å². The zero-order valence-electron chi connectivity index (χ0n) is 14.8. The third-order valence-corrected chi connectivity index (χ3v) is 5.52. The third-order valence-electron chi connectivity index (χ3n) is 4.17. The fraction of sp³-hybridized carbons (Fsp3) is 0.412. The second kappa shape index (κ2) is 7.69. The maximum Gasteiger partial charge on any atom is 0.264 e. The van der Waals surface area contributed by atoms with Crippen molar-refractivity contribution in [1.29, 1.82) is 0 Å². The Hall–Kier alpha value is -2.35. The average Bonchev–Trinajstić information content (AvgIpc) is 2.88. The molecule has 8 heteroatoms. The van der Waals surface area contributed by atoms with Gasteiger partial charge in [-0.2, -0.15) is 0 Å². The molecule has 25 heavy (non-hydrogen) atoms. The molecule has 1 aromatic carbocycles. The molecule has 2 aromatic rings. The highest BCUT2D eigenvalue weighted by Crippen LogP contribution is 2.23. The van der Waals surface area contributed by atoms with E-state index in [0.29, 0.717) is 16.9 Å². The number of carbonyl (C=O) groups excluding carboxylic acids is 1. The number of hydrogen-bond donors (Lipinski definition) is 2. The van der Waals surface area contributed by atoms with Crippen LogP contribution in [-0.4, -0.2) is 19.5 Å². The molecule has 0 saturated carbocycles. The molecule has 1 aromatic heterocycles. The Kier molecular flexibility index (Phi) is 5.84. The molecule has 0 aliphatic carbocycles. The molecular formula is C17H23N3O4S. The lowest BCUT2D eigenvalue weighted by Crippen LogP contribution is -2.21. The summed E-state index contributed by atoms with van der Waals surface area (Å²) in [5.74, 6) is -0.0159. The lowest BCUT2D eigenvalue weighted by atomic mass is 10.0. The molecule has 1 amide bonds. The minimum absolute atomic E-state index is 0.0530. The highest BCUT2D eigenvalue weighted by molar-refractivity contribution is 7.92. The van der Waals surface area contributed by atoms with Crippen LogP contribution in [0.2, 0.25) is 0 Å². The SMILES string of the molecule is CCC(CC)C(=O)Nc1ccc(S(=O)(=O)Nc2onc(C)c2C)cc1. The molecule has 136 valence electrons. The zero-order chi connectivity index (χ0) is 18.6. The van der Waals surface area contributed by atoms with Gasteiger partial charge in [0.2, 0.25) is 11.8 Å². The summed E-state index contributed by atoms with van der Waals surface area (Å²) in [5.41, 5.74) is 1.82. The van der Waals surface area contributed by atoms with Gasteiger partial charge in [-0.3, -0.25) is 4.79 Å². The molecule has 0 aliphatic heterocycles. The smallest absolute Gasteiger partial charge is 0.264 e. The summed E-state index contributed by atoms with van der Waals surface area (Å²) in [7, 11) is -3.79. The molecule has 2 N–H and O–H groups in total. The van der Waals surface area contributed by atoms with Crippen LogP contribution in [0, 0.1) is 19.8 Å². The number of nitrogens with one attached hydrogen (secondary N) is 2. The fourth-order valence-electron chi connectivity index (χ4n) is 2.31. The average molecular weight is 365 g/mol. The topological polar surface area (TPSA) is 101 Å². The van der Waals surface area contributed by atoms with E-state index in [0.717, 1.165) is 12.8 Å². The van der Waals surface area contributed by atoms with Crippen molar-refractivity contribution in [2.75, 3.05) is 10.0 Å². The number of nitrogens with zero attached hydrogens (tertiary/aromatic N) is 1. The van der Waals surface area contributed by atoms with Crippen molar-refractivity contribution < 1.29 is 17.7 Å². The number of hydrogen-bond acceptors (Lipinski definition) is 5. The maximum absolute atomic E-state index is 12.4.